The van der Waals surface area contributed by atoms with Crippen molar-refractivity contribution in [3.05, 3.63) is 42.0 Å². The van der Waals surface area contributed by atoms with Gasteiger partial charge in [0.2, 0.25) is 0 Å². The molecule has 15 heavy (non-hydrogen) atoms. The molecule has 0 unspecified atom stereocenters. The normalized spacial score (nSPS) is 14.3. The van der Waals surface area contributed by atoms with Gasteiger partial charge in [-0.2, -0.15) is 13.2 Å². The summed E-state index contributed by atoms with van der Waals surface area (Å²) in [5.74, 6) is -0.502. The molecule has 0 bridgehead atoms. The maximum atomic E-state index is 11.8. The van der Waals surface area contributed by atoms with Crippen LogP contribution in [0.15, 0.2) is 36.4 Å². The minimum atomic E-state index is -4.62. The standard InChI is InChI=1S/C10H9F3OS/c11-10(12,13)15(14)8-4-7-9-5-2-1-3-6-9/h1-7H,8H2/b7-4+/t15-/m0/s1. The van der Waals surface area contributed by atoms with Crippen LogP contribution in [0, 0.1) is 0 Å². The molecule has 0 aliphatic heterocycles. The van der Waals surface area contributed by atoms with E-state index in [2.05, 4.69) is 0 Å². The smallest absolute Gasteiger partial charge is 0.250 e. The van der Waals surface area contributed by atoms with Gasteiger partial charge >= 0.3 is 5.51 Å². The summed E-state index contributed by atoms with van der Waals surface area (Å²) in [7, 11) is -2.80. The summed E-state index contributed by atoms with van der Waals surface area (Å²) in [6.07, 6.45) is 2.78. The maximum Gasteiger partial charge on any atom is 0.471 e. The Bertz CT molecular complexity index is 357. The van der Waals surface area contributed by atoms with E-state index >= 15 is 0 Å². The van der Waals surface area contributed by atoms with Crippen LogP contribution in [0.3, 0.4) is 0 Å². The van der Waals surface area contributed by atoms with E-state index in [0.717, 1.165) is 5.56 Å². The van der Waals surface area contributed by atoms with Gasteiger partial charge in [0.1, 0.15) is 10.8 Å². The predicted octanol–water partition coefficient (Wildman–Crippen LogP) is 2.97. The zero-order valence-electron chi connectivity index (χ0n) is 7.70. The molecule has 1 nitrogen and oxygen atoms in total. The summed E-state index contributed by atoms with van der Waals surface area (Å²) in [6, 6.07) is 8.88. The third kappa shape index (κ3) is 4.29. The third-order valence-corrected chi connectivity index (χ3v) is 2.63. The Balaban J connectivity index is 2.51. The molecule has 0 aromatic heterocycles. The van der Waals surface area contributed by atoms with Crippen LogP contribution in [-0.2, 0) is 10.8 Å². The molecule has 0 N–H and O–H groups in total. The molecular weight excluding hydrogens is 225 g/mol. The van der Waals surface area contributed by atoms with Gasteiger partial charge in [-0.3, -0.25) is 4.21 Å². The van der Waals surface area contributed by atoms with E-state index in [1.807, 2.05) is 6.07 Å². The van der Waals surface area contributed by atoms with Crippen LogP contribution in [0.1, 0.15) is 5.56 Å². The average Bonchev–Trinajstić information content (AvgIpc) is 2.18. The minimum absolute atomic E-state index is 0.502. The van der Waals surface area contributed by atoms with Crippen molar-refractivity contribution >= 4 is 16.9 Å². The minimum Gasteiger partial charge on any atom is -0.250 e. The first kappa shape index (κ1) is 12.0. The van der Waals surface area contributed by atoms with Gasteiger partial charge in [0, 0.05) is 0 Å². The molecule has 82 valence electrons. The van der Waals surface area contributed by atoms with Gasteiger partial charge in [-0.15, -0.1) is 0 Å². The van der Waals surface area contributed by atoms with Crippen molar-refractivity contribution in [1.29, 1.82) is 0 Å². The van der Waals surface area contributed by atoms with E-state index in [0.29, 0.717) is 0 Å². The summed E-state index contributed by atoms with van der Waals surface area (Å²) < 4.78 is 46.1. The van der Waals surface area contributed by atoms with Crippen LogP contribution in [0.2, 0.25) is 0 Å². The van der Waals surface area contributed by atoms with E-state index in [1.165, 1.54) is 12.2 Å². The first-order chi connectivity index (χ1) is 7.00. The van der Waals surface area contributed by atoms with Gasteiger partial charge in [0.05, 0.1) is 5.75 Å². The fourth-order valence-corrected chi connectivity index (χ4v) is 1.39. The molecule has 0 aliphatic carbocycles. The quantitative estimate of drug-likeness (QED) is 0.785. The Labute approximate surface area is 88.1 Å². The Morgan fingerprint density at radius 1 is 1.20 bits per heavy atom. The van der Waals surface area contributed by atoms with Crippen LogP contribution in [0.25, 0.3) is 6.08 Å². The second-order valence-electron chi connectivity index (χ2n) is 2.77. The van der Waals surface area contributed by atoms with E-state index in [1.54, 1.807) is 24.3 Å². The average molecular weight is 234 g/mol. The van der Waals surface area contributed by atoms with Crippen LogP contribution in [0.4, 0.5) is 13.2 Å². The van der Waals surface area contributed by atoms with Crippen molar-refractivity contribution in [1.82, 2.24) is 0 Å². The van der Waals surface area contributed by atoms with Gasteiger partial charge in [-0.05, 0) is 5.56 Å². The Morgan fingerprint density at radius 3 is 2.33 bits per heavy atom. The van der Waals surface area contributed by atoms with Crippen molar-refractivity contribution in [3.8, 4) is 0 Å². The lowest BCUT2D eigenvalue weighted by molar-refractivity contribution is -0.0382. The van der Waals surface area contributed by atoms with E-state index in [4.69, 9.17) is 0 Å². The number of hydrogen-bond acceptors (Lipinski definition) is 1. The highest BCUT2D eigenvalue weighted by Crippen LogP contribution is 2.20. The molecule has 1 atom stereocenters. The molecule has 0 spiro atoms. The highest BCUT2D eigenvalue weighted by molar-refractivity contribution is 7.86. The van der Waals surface area contributed by atoms with Crippen LogP contribution in [0.5, 0.6) is 0 Å². The summed E-state index contributed by atoms with van der Waals surface area (Å²) in [6.45, 7) is 0. The number of halogens is 3. The fourth-order valence-electron chi connectivity index (χ4n) is 0.930. The highest BCUT2D eigenvalue weighted by atomic mass is 32.2. The first-order valence-corrected chi connectivity index (χ1v) is 5.49. The van der Waals surface area contributed by atoms with Gasteiger partial charge in [0.25, 0.3) is 0 Å². The Kier molecular flexibility index (Phi) is 4.08. The van der Waals surface area contributed by atoms with Crippen LogP contribution < -0.4 is 0 Å². The summed E-state index contributed by atoms with van der Waals surface area (Å²) in [5, 5.41) is 0. The van der Waals surface area contributed by atoms with Gasteiger partial charge in [0.15, 0.2) is 0 Å². The molecule has 1 aromatic rings. The van der Waals surface area contributed by atoms with E-state index in [9.17, 15) is 17.4 Å². The number of benzene rings is 1. The van der Waals surface area contributed by atoms with Gasteiger partial charge in [-0.25, -0.2) is 0 Å². The van der Waals surface area contributed by atoms with Crippen molar-refractivity contribution < 1.29 is 17.4 Å². The van der Waals surface area contributed by atoms with Gasteiger partial charge in [-0.1, -0.05) is 42.5 Å². The molecule has 0 aliphatic rings. The number of hydrogen-bond donors (Lipinski definition) is 0. The van der Waals surface area contributed by atoms with E-state index < -0.39 is 22.1 Å². The molecule has 5 heteroatoms. The maximum absolute atomic E-state index is 11.8. The highest BCUT2D eigenvalue weighted by Gasteiger charge is 2.35. The molecule has 0 radical (unpaired) electrons. The largest absolute Gasteiger partial charge is 0.471 e. The third-order valence-electron chi connectivity index (χ3n) is 1.62. The van der Waals surface area contributed by atoms with Crippen molar-refractivity contribution in [2.45, 2.75) is 5.51 Å². The van der Waals surface area contributed by atoms with Crippen LogP contribution >= 0.6 is 0 Å². The molecule has 0 fully saturated rings. The lowest BCUT2D eigenvalue weighted by Crippen LogP contribution is -2.17. The Morgan fingerprint density at radius 2 is 1.80 bits per heavy atom. The lowest BCUT2D eigenvalue weighted by atomic mass is 10.2. The Hall–Kier alpha value is -1.10. The second kappa shape index (κ2) is 5.11. The summed E-state index contributed by atoms with van der Waals surface area (Å²) in [5.41, 5.74) is -3.84. The molecule has 0 saturated carbocycles. The molecule has 0 amide bonds. The first-order valence-electron chi connectivity index (χ1n) is 4.17. The summed E-state index contributed by atoms with van der Waals surface area (Å²) in [4.78, 5) is 0. The van der Waals surface area contributed by atoms with Crippen LogP contribution in [-0.4, -0.2) is 15.5 Å². The van der Waals surface area contributed by atoms with E-state index in [-0.39, 0.29) is 0 Å². The monoisotopic (exact) mass is 234 g/mol. The lowest BCUT2D eigenvalue weighted by Gasteiger charge is -2.02. The van der Waals surface area contributed by atoms with Gasteiger partial charge < -0.3 is 0 Å². The molecule has 1 aromatic carbocycles. The molecule has 1 rings (SSSR count). The summed E-state index contributed by atoms with van der Waals surface area (Å²) >= 11 is 0. The molecule has 0 saturated heterocycles. The van der Waals surface area contributed by atoms with Crippen molar-refractivity contribution in [2.75, 3.05) is 5.75 Å². The molecular formula is C10H9F3OS. The predicted molar refractivity (Wildman–Crippen MR) is 54.5 cm³/mol. The fraction of sp³-hybridized carbons (Fsp3) is 0.200. The van der Waals surface area contributed by atoms with Crippen molar-refractivity contribution in [3.63, 3.8) is 0 Å². The SMILES string of the molecule is O=[S@@](C/C=C/c1ccccc1)C(F)(F)F. The molecule has 0 heterocycles. The number of rotatable bonds is 3. The zero-order chi connectivity index (χ0) is 11.3. The number of alkyl halides is 3. The topological polar surface area (TPSA) is 17.1 Å². The second-order valence-corrected chi connectivity index (χ2v) is 4.26. The zero-order valence-corrected chi connectivity index (χ0v) is 8.52. The van der Waals surface area contributed by atoms with Crippen molar-refractivity contribution in [2.24, 2.45) is 0 Å².